The molecule has 0 bridgehead atoms. The lowest BCUT2D eigenvalue weighted by molar-refractivity contribution is 0.306. The fourth-order valence-electron chi connectivity index (χ4n) is 1.93. The van der Waals surface area contributed by atoms with E-state index in [0.717, 1.165) is 35.7 Å². The lowest BCUT2D eigenvalue weighted by Crippen LogP contribution is -2.04. The van der Waals surface area contributed by atoms with Crippen LogP contribution in [0.15, 0.2) is 48.5 Å². The summed E-state index contributed by atoms with van der Waals surface area (Å²) in [6.45, 7) is 3.68. The zero-order valence-corrected chi connectivity index (χ0v) is 11.9. The van der Waals surface area contributed by atoms with Crippen LogP contribution < -0.4 is 15.8 Å². The van der Waals surface area contributed by atoms with E-state index in [9.17, 15) is 0 Å². The van der Waals surface area contributed by atoms with Crippen LogP contribution in [0.3, 0.4) is 0 Å². The molecule has 0 aliphatic rings. The smallest absolute Gasteiger partial charge is 0.122 e. The van der Waals surface area contributed by atoms with Gasteiger partial charge in [0.25, 0.3) is 0 Å². The molecule has 0 atom stereocenters. The Labute approximate surface area is 120 Å². The highest BCUT2D eigenvalue weighted by Crippen LogP contribution is 2.25. The lowest BCUT2D eigenvalue weighted by Gasteiger charge is -2.11. The first-order chi connectivity index (χ1) is 9.79. The van der Waals surface area contributed by atoms with Gasteiger partial charge in [-0.2, -0.15) is 0 Å². The quantitative estimate of drug-likeness (QED) is 0.589. The fourth-order valence-corrected chi connectivity index (χ4v) is 1.93. The molecule has 0 aliphatic carbocycles. The number of nitrogens with two attached hydrogens (primary N) is 1. The van der Waals surface area contributed by atoms with Crippen molar-refractivity contribution in [2.45, 2.75) is 26.4 Å². The van der Waals surface area contributed by atoms with Crippen LogP contribution in [-0.4, -0.2) is 6.54 Å². The van der Waals surface area contributed by atoms with E-state index in [0.29, 0.717) is 6.61 Å². The zero-order valence-electron chi connectivity index (χ0n) is 11.9. The third-order valence-electron chi connectivity index (χ3n) is 3.12. The van der Waals surface area contributed by atoms with Crippen molar-refractivity contribution in [3.63, 3.8) is 0 Å². The van der Waals surface area contributed by atoms with Gasteiger partial charge in [-0.05, 0) is 24.1 Å². The maximum Gasteiger partial charge on any atom is 0.122 e. The standard InChI is InChI=1S/C17H22N2O/c1-2-3-11-19-17-10-9-15(12-16(17)18)20-13-14-7-5-4-6-8-14/h4-10,12,19H,2-3,11,13,18H2,1H3. The summed E-state index contributed by atoms with van der Waals surface area (Å²) in [5.41, 5.74) is 8.89. The normalized spacial score (nSPS) is 10.2. The SMILES string of the molecule is CCCCNc1ccc(OCc2ccccc2)cc1N. The van der Waals surface area contributed by atoms with Gasteiger partial charge in [0, 0.05) is 12.6 Å². The first kappa shape index (κ1) is 14.3. The number of rotatable bonds is 7. The van der Waals surface area contributed by atoms with E-state index in [-0.39, 0.29) is 0 Å². The molecule has 0 fully saturated rings. The van der Waals surface area contributed by atoms with E-state index in [1.165, 1.54) is 6.42 Å². The van der Waals surface area contributed by atoms with Crippen LogP contribution in [0.1, 0.15) is 25.3 Å². The van der Waals surface area contributed by atoms with Gasteiger partial charge in [0.1, 0.15) is 12.4 Å². The van der Waals surface area contributed by atoms with Crippen molar-refractivity contribution in [2.75, 3.05) is 17.6 Å². The molecule has 0 saturated carbocycles. The molecule has 3 heteroatoms. The molecule has 2 rings (SSSR count). The van der Waals surface area contributed by atoms with Crippen LogP contribution in [-0.2, 0) is 6.61 Å². The highest BCUT2D eigenvalue weighted by Gasteiger charge is 2.01. The van der Waals surface area contributed by atoms with Gasteiger partial charge in [0.05, 0.1) is 11.4 Å². The molecule has 0 aliphatic heterocycles. The Balaban J connectivity index is 1.91. The average Bonchev–Trinajstić information content (AvgIpc) is 2.48. The van der Waals surface area contributed by atoms with Crippen LogP contribution in [0.4, 0.5) is 11.4 Å². The van der Waals surface area contributed by atoms with E-state index in [1.54, 1.807) is 0 Å². The number of nitrogens with one attached hydrogen (secondary N) is 1. The average molecular weight is 270 g/mol. The Hall–Kier alpha value is -2.16. The molecule has 20 heavy (non-hydrogen) atoms. The minimum atomic E-state index is 0.558. The second kappa shape index (κ2) is 7.43. The Bertz CT molecular complexity index is 526. The highest BCUT2D eigenvalue weighted by molar-refractivity contribution is 5.68. The predicted molar refractivity (Wildman–Crippen MR) is 85.0 cm³/mol. The third-order valence-corrected chi connectivity index (χ3v) is 3.12. The van der Waals surface area contributed by atoms with Gasteiger partial charge in [-0.25, -0.2) is 0 Å². The summed E-state index contributed by atoms with van der Waals surface area (Å²) in [5.74, 6) is 0.799. The molecular weight excluding hydrogens is 248 g/mol. The maximum absolute atomic E-state index is 6.03. The van der Waals surface area contributed by atoms with Crippen molar-refractivity contribution in [3.05, 3.63) is 54.1 Å². The number of anilines is 2. The van der Waals surface area contributed by atoms with Gasteiger partial charge in [-0.3, -0.25) is 0 Å². The summed E-state index contributed by atoms with van der Waals surface area (Å²) < 4.78 is 5.75. The largest absolute Gasteiger partial charge is 0.489 e. The van der Waals surface area contributed by atoms with Gasteiger partial charge in [0.15, 0.2) is 0 Å². The maximum atomic E-state index is 6.03. The molecule has 3 nitrogen and oxygen atoms in total. The van der Waals surface area contributed by atoms with Crippen LogP contribution in [0.25, 0.3) is 0 Å². The van der Waals surface area contributed by atoms with Crippen LogP contribution >= 0.6 is 0 Å². The second-order valence-electron chi connectivity index (χ2n) is 4.80. The molecule has 2 aromatic rings. The third kappa shape index (κ3) is 4.19. The molecule has 2 aromatic carbocycles. The minimum Gasteiger partial charge on any atom is -0.489 e. The molecular formula is C17H22N2O. The van der Waals surface area contributed by atoms with Crippen molar-refractivity contribution in [1.29, 1.82) is 0 Å². The summed E-state index contributed by atoms with van der Waals surface area (Å²) >= 11 is 0. The molecule has 3 N–H and O–H groups in total. The first-order valence-corrected chi connectivity index (χ1v) is 7.09. The van der Waals surface area contributed by atoms with Crippen molar-refractivity contribution in [2.24, 2.45) is 0 Å². The molecule has 0 saturated heterocycles. The molecule has 0 unspecified atom stereocenters. The minimum absolute atomic E-state index is 0.558. The lowest BCUT2D eigenvalue weighted by atomic mass is 10.2. The topological polar surface area (TPSA) is 47.3 Å². The summed E-state index contributed by atoms with van der Waals surface area (Å²) in [4.78, 5) is 0. The molecule has 0 radical (unpaired) electrons. The molecule has 0 heterocycles. The zero-order chi connectivity index (χ0) is 14.2. The van der Waals surface area contributed by atoms with E-state index in [4.69, 9.17) is 10.5 Å². The Morgan fingerprint density at radius 1 is 1.10 bits per heavy atom. The number of ether oxygens (including phenoxy) is 1. The van der Waals surface area contributed by atoms with Crippen molar-refractivity contribution in [1.82, 2.24) is 0 Å². The molecule has 0 spiro atoms. The summed E-state index contributed by atoms with van der Waals surface area (Å²) in [5, 5.41) is 3.33. The summed E-state index contributed by atoms with van der Waals surface area (Å²) in [6.07, 6.45) is 2.32. The number of hydrogen-bond donors (Lipinski definition) is 2. The van der Waals surface area contributed by atoms with Gasteiger partial charge in [-0.15, -0.1) is 0 Å². The van der Waals surface area contributed by atoms with E-state index < -0.39 is 0 Å². The highest BCUT2D eigenvalue weighted by atomic mass is 16.5. The van der Waals surface area contributed by atoms with Crippen molar-refractivity contribution in [3.8, 4) is 5.75 Å². The van der Waals surface area contributed by atoms with Crippen LogP contribution in [0.2, 0.25) is 0 Å². The van der Waals surface area contributed by atoms with Crippen LogP contribution in [0.5, 0.6) is 5.75 Å². The Morgan fingerprint density at radius 3 is 2.60 bits per heavy atom. The number of nitrogen functional groups attached to an aromatic ring is 1. The van der Waals surface area contributed by atoms with E-state index in [2.05, 4.69) is 12.2 Å². The van der Waals surface area contributed by atoms with E-state index in [1.807, 2.05) is 48.5 Å². The Kier molecular flexibility index (Phi) is 5.30. The van der Waals surface area contributed by atoms with Crippen molar-refractivity contribution >= 4 is 11.4 Å². The molecule has 0 amide bonds. The van der Waals surface area contributed by atoms with Crippen LogP contribution in [0, 0.1) is 0 Å². The second-order valence-corrected chi connectivity index (χ2v) is 4.80. The van der Waals surface area contributed by atoms with E-state index >= 15 is 0 Å². The molecule has 0 aromatic heterocycles. The van der Waals surface area contributed by atoms with Gasteiger partial charge in [-0.1, -0.05) is 43.7 Å². The van der Waals surface area contributed by atoms with Gasteiger partial charge in [0.2, 0.25) is 0 Å². The van der Waals surface area contributed by atoms with Gasteiger partial charge < -0.3 is 15.8 Å². The first-order valence-electron chi connectivity index (χ1n) is 7.09. The van der Waals surface area contributed by atoms with Crippen molar-refractivity contribution < 1.29 is 4.74 Å². The monoisotopic (exact) mass is 270 g/mol. The molecule has 106 valence electrons. The Morgan fingerprint density at radius 2 is 1.90 bits per heavy atom. The summed E-state index contributed by atoms with van der Waals surface area (Å²) in [7, 11) is 0. The summed E-state index contributed by atoms with van der Waals surface area (Å²) in [6, 6.07) is 15.9. The number of unbranched alkanes of at least 4 members (excludes halogenated alkanes) is 1. The number of benzene rings is 2. The number of hydrogen-bond acceptors (Lipinski definition) is 3. The van der Waals surface area contributed by atoms with Gasteiger partial charge >= 0.3 is 0 Å². The predicted octanol–water partition coefficient (Wildman–Crippen LogP) is 4.06. The fraction of sp³-hybridized carbons (Fsp3) is 0.294.